The maximum Gasteiger partial charge on any atom is 0.139 e. The smallest absolute Gasteiger partial charge is 0.139 e. The Morgan fingerprint density at radius 3 is 2.58 bits per heavy atom. The lowest BCUT2D eigenvalue weighted by molar-refractivity contribution is 0.134. The third-order valence-corrected chi connectivity index (χ3v) is 8.10. The predicted molar refractivity (Wildman–Crippen MR) is 160 cm³/mol. The van der Waals surface area contributed by atoms with Gasteiger partial charge in [-0.2, -0.15) is 0 Å². The number of rotatable bonds is 3. The molecule has 7 heteroatoms. The largest absolute Gasteiger partial charge is 0.353 e. The highest BCUT2D eigenvalue weighted by atomic mass is 35.5. The number of nitrogens with zero attached hydrogens (tertiary/aromatic N) is 3. The highest BCUT2D eigenvalue weighted by Crippen LogP contribution is 2.39. The Kier molecular flexibility index (Phi) is 8.26. The molecule has 6 rings (SSSR count). The van der Waals surface area contributed by atoms with Gasteiger partial charge in [0.1, 0.15) is 10.8 Å². The van der Waals surface area contributed by atoms with E-state index in [1.807, 2.05) is 11.3 Å². The summed E-state index contributed by atoms with van der Waals surface area (Å²) in [4.78, 5) is 11.6. The van der Waals surface area contributed by atoms with Crippen molar-refractivity contribution in [2.24, 2.45) is 4.99 Å². The van der Waals surface area contributed by atoms with Crippen LogP contribution in [-0.2, 0) is 6.42 Å². The number of hydrogen-bond donors (Lipinski definition) is 1. The van der Waals surface area contributed by atoms with Gasteiger partial charge in [0.2, 0.25) is 0 Å². The van der Waals surface area contributed by atoms with Crippen molar-refractivity contribution in [2.45, 2.75) is 25.8 Å². The first-order valence-electron chi connectivity index (χ1n) is 12.1. The van der Waals surface area contributed by atoms with E-state index in [-0.39, 0.29) is 24.8 Å². The van der Waals surface area contributed by atoms with E-state index in [4.69, 9.17) is 4.99 Å². The highest BCUT2D eigenvalue weighted by Gasteiger charge is 2.30. The Balaban J connectivity index is 0.00000152. The zero-order valence-electron chi connectivity index (χ0n) is 20.6. The minimum atomic E-state index is 0. The maximum atomic E-state index is 5.20. The van der Waals surface area contributed by atoms with Crippen molar-refractivity contribution in [3.63, 3.8) is 0 Å². The Hall–Kier alpha value is -2.57. The van der Waals surface area contributed by atoms with Crippen molar-refractivity contribution in [3.05, 3.63) is 88.8 Å². The molecule has 3 aromatic carbocycles. The van der Waals surface area contributed by atoms with Crippen molar-refractivity contribution in [2.75, 3.05) is 32.0 Å². The topological polar surface area (TPSA) is 30.9 Å². The van der Waals surface area contributed by atoms with Crippen molar-refractivity contribution in [1.29, 1.82) is 0 Å². The number of amidine groups is 1. The molecule has 36 heavy (non-hydrogen) atoms. The number of fused-ring (bicyclic) bond motifs is 3. The number of hydrogen-bond acceptors (Lipinski definition) is 5. The van der Waals surface area contributed by atoms with E-state index in [1.165, 1.54) is 31.8 Å². The number of anilines is 2. The van der Waals surface area contributed by atoms with Crippen LogP contribution in [0.2, 0.25) is 0 Å². The fraction of sp³-hybridized carbons (Fsp3) is 0.276. The maximum absolute atomic E-state index is 5.20. The van der Waals surface area contributed by atoms with Crippen molar-refractivity contribution in [3.8, 4) is 0 Å². The van der Waals surface area contributed by atoms with Gasteiger partial charge in [-0.25, -0.2) is 4.99 Å². The number of nitrogens with one attached hydrogen (secondary N) is 1. The molecule has 0 spiro atoms. The Bertz CT molecular complexity index is 1380. The summed E-state index contributed by atoms with van der Waals surface area (Å²) in [6.07, 6.45) is 2.23. The molecule has 1 aromatic heterocycles. The van der Waals surface area contributed by atoms with E-state index >= 15 is 0 Å². The summed E-state index contributed by atoms with van der Waals surface area (Å²) in [7, 11) is 2.27. The molecule has 0 bridgehead atoms. The van der Waals surface area contributed by atoms with Crippen LogP contribution in [0.1, 0.15) is 22.4 Å². The van der Waals surface area contributed by atoms with E-state index in [0.29, 0.717) is 6.04 Å². The van der Waals surface area contributed by atoms with Crippen LogP contribution in [0.5, 0.6) is 0 Å². The van der Waals surface area contributed by atoms with Gasteiger partial charge in [-0.3, -0.25) is 4.90 Å². The summed E-state index contributed by atoms with van der Waals surface area (Å²) in [5.41, 5.74) is 4.76. The van der Waals surface area contributed by atoms with Crippen LogP contribution < -0.4 is 5.32 Å². The first-order chi connectivity index (χ1) is 16.6. The van der Waals surface area contributed by atoms with Gasteiger partial charge < -0.3 is 10.2 Å². The average molecular weight is 540 g/mol. The summed E-state index contributed by atoms with van der Waals surface area (Å²) in [6.45, 7) is 5.23. The molecule has 0 amide bonds. The summed E-state index contributed by atoms with van der Waals surface area (Å²) in [6, 6.07) is 26.7. The molecule has 4 aromatic rings. The lowest BCUT2D eigenvalue weighted by Crippen LogP contribution is -2.53. The Morgan fingerprint density at radius 2 is 1.72 bits per heavy atom. The number of piperazine rings is 1. The summed E-state index contributed by atoms with van der Waals surface area (Å²) in [5.74, 6) is 1.11. The first-order valence-corrected chi connectivity index (χ1v) is 12.9. The molecular formula is C29H32Cl2N4S. The van der Waals surface area contributed by atoms with Gasteiger partial charge in [-0.05, 0) is 61.3 Å². The average Bonchev–Trinajstić information content (AvgIpc) is 3.15. The molecule has 1 N–H and O–H groups in total. The van der Waals surface area contributed by atoms with E-state index in [9.17, 15) is 0 Å². The van der Waals surface area contributed by atoms with Crippen LogP contribution in [0.25, 0.3) is 10.8 Å². The number of aryl methyl sites for hydroxylation is 2. The number of benzene rings is 3. The minimum Gasteiger partial charge on any atom is -0.353 e. The lowest BCUT2D eigenvalue weighted by Gasteiger charge is -2.41. The number of para-hydroxylation sites is 2. The monoisotopic (exact) mass is 538 g/mol. The normalized spacial score (nSPS) is 17.1. The minimum absolute atomic E-state index is 0. The standard InChI is InChI=1S/C29H30N4S.2ClH/c1-20-17-25-28(30-26-9-5-6-10-27(26)31-29(25)34-20)33-16-15-32(2)24(19-33)14-12-21-11-13-22-7-3-4-8-23(22)18-21;;/h3-11,13,17-18,24,31H,12,14-16,19H2,1-2H3;2*1H. The molecule has 1 fully saturated rings. The molecule has 1 atom stereocenters. The molecule has 3 heterocycles. The lowest BCUT2D eigenvalue weighted by atomic mass is 9.99. The second kappa shape index (κ2) is 11.2. The van der Waals surface area contributed by atoms with Gasteiger partial charge in [0.25, 0.3) is 0 Å². The van der Waals surface area contributed by atoms with Gasteiger partial charge in [-0.1, -0.05) is 54.6 Å². The fourth-order valence-corrected chi connectivity index (χ4v) is 6.09. The second-order valence-corrected chi connectivity index (χ2v) is 10.7. The van der Waals surface area contributed by atoms with E-state index < -0.39 is 0 Å². The van der Waals surface area contributed by atoms with Gasteiger partial charge in [-0.15, -0.1) is 36.2 Å². The molecule has 1 saturated heterocycles. The highest BCUT2D eigenvalue weighted by molar-refractivity contribution is 7.16. The summed E-state index contributed by atoms with van der Waals surface area (Å²) < 4.78 is 0. The molecule has 4 nitrogen and oxygen atoms in total. The number of halogens is 2. The van der Waals surface area contributed by atoms with Crippen LogP contribution in [0.3, 0.4) is 0 Å². The Labute approximate surface area is 229 Å². The number of aliphatic imine (C=N–C) groups is 1. The quantitative estimate of drug-likeness (QED) is 0.294. The predicted octanol–water partition coefficient (Wildman–Crippen LogP) is 7.44. The second-order valence-electron chi connectivity index (χ2n) is 9.48. The first kappa shape index (κ1) is 26.5. The molecule has 188 valence electrons. The number of thiophene rings is 1. The molecular weight excluding hydrogens is 507 g/mol. The van der Waals surface area contributed by atoms with Crippen LogP contribution >= 0.6 is 36.2 Å². The molecule has 2 aliphatic rings. The SMILES string of the molecule is Cc1cc2c(s1)Nc1ccccc1N=C2N1CCN(C)C(CCc2ccc3ccccc3c2)C1.Cl.Cl. The summed E-state index contributed by atoms with van der Waals surface area (Å²) in [5, 5.41) is 7.49. The van der Waals surface area contributed by atoms with Gasteiger partial charge >= 0.3 is 0 Å². The van der Waals surface area contributed by atoms with Crippen LogP contribution in [-0.4, -0.2) is 48.4 Å². The molecule has 0 saturated carbocycles. The Morgan fingerprint density at radius 1 is 0.944 bits per heavy atom. The zero-order chi connectivity index (χ0) is 23.1. The summed E-state index contributed by atoms with van der Waals surface area (Å²) >= 11 is 1.82. The molecule has 2 aliphatic heterocycles. The fourth-order valence-electron chi connectivity index (χ4n) is 5.17. The van der Waals surface area contributed by atoms with E-state index in [1.54, 1.807) is 0 Å². The van der Waals surface area contributed by atoms with Gasteiger partial charge in [0.15, 0.2) is 0 Å². The van der Waals surface area contributed by atoms with Crippen LogP contribution in [0.4, 0.5) is 16.4 Å². The van der Waals surface area contributed by atoms with Crippen molar-refractivity contribution < 1.29 is 0 Å². The van der Waals surface area contributed by atoms with Gasteiger partial charge in [0.05, 0.1) is 16.9 Å². The van der Waals surface area contributed by atoms with Crippen LogP contribution in [0, 0.1) is 6.92 Å². The third-order valence-electron chi connectivity index (χ3n) is 7.13. The molecule has 1 unspecified atom stereocenters. The zero-order valence-corrected chi connectivity index (χ0v) is 23.1. The van der Waals surface area contributed by atoms with E-state index in [0.717, 1.165) is 49.7 Å². The number of likely N-dealkylation sites (N-methyl/N-ethyl adjacent to an activating group) is 1. The van der Waals surface area contributed by atoms with Crippen LogP contribution in [0.15, 0.2) is 77.8 Å². The third kappa shape index (κ3) is 5.25. The molecule has 0 radical (unpaired) electrons. The van der Waals surface area contributed by atoms with Gasteiger partial charge in [0, 0.05) is 30.6 Å². The van der Waals surface area contributed by atoms with Crippen molar-refractivity contribution in [1.82, 2.24) is 9.80 Å². The molecule has 0 aliphatic carbocycles. The van der Waals surface area contributed by atoms with E-state index in [2.05, 4.69) is 102 Å². The van der Waals surface area contributed by atoms with Crippen molar-refractivity contribution >= 4 is 69.1 Å².